The van der Waals surface area contributed by atoms with Gasteiger partial charge in [0.1, 0.15) is 12.1 Å². The third-order valence-corrected chi connectivity index (χ3v) is 8.76. The van der Waals surface area contributed by atoms with Crippen molar-refractivity contribution in [2.75, 3.05) is 18.5 Å². The van der Waals surface area contributed by atoms with Crippen molar-refractivity contribution in [2.24, 2.45) is 0 Å². The molecule has 3 amide bonds. The maximum Gasteiger partial charge on any atom is 0.323 e. The minimum atomic E-state index is -1.03. The largest absolute Gasteiger partial charge is 0.481 e. The van der Waals surface area contributed by atoms with Crippen LogP contribution in [-0.2, 0) is 19.1 Å². The van der Waals surface area contributed by atoms with Crippen molar-refractivity contribution in [2.45, 2.75) is 80.5 Å². The number of esters is 1. The number of nitrogens with zero attached hydrogens (tertiary/aromatic N) is 1. The number of fused-ring (bicyclic) bond motifs is 2. The molecular formula is C31H37N3O7S. The second-order valence-electron chi connectivity index (χ2n) is 10.4. The lowest BCUT2D eigenvalue weighted by Gasteiger charge is -2.27. The predicted molar refractivity (Wildman–Crippen MR) is 158 cm³/mol. The number of hydrogen-bond donors (Lipinski definition) is 3. The molecule has 0 spiro atoms. The number of amides is 3. The Morgan fingerprint density at radius 2 is 1.57 bits per heavy atom. The lowest BCUT2D eigenvalue weighted by atomic mass is 10.0. The number of para-hydroxylation sites is 1. The maximum absolute atomic E-state index is 13.2. The molecule has 0 saturated heterocycles. The fraction of sp³-hybridized carbons (Fsp3) is 0.452. The quantitative estimate of drug-likeness (QED) is 0.154. The molecule has 0 bridgehead atoms. The van der Waals surface area contributed by atoms with Gasteiger partial charge in [-0.1, -0.05) is 56.4 Å². The molecule has 10 nitrogen and oxygen atoms in total. The van der Waals surface area contributed by atoms with Crippen LogP contribution in [0.2, 0.25) is 0 Å². The summed E-state index contributed by atoms with van der Waals surface area (Å²) in [5, 5.41) is 14.9. The molecule has 0 saturated carbocycles. The SMILES string of the molecule is CCOC(=O)[C@H](CCCCCCCCN1C(=O)c2ccccc2C1=O)N[C@@H]1C(=O)Nc2ccccc2SC1CC(=O)O. The summed E-state index contributed by atoms with van der Waals surface area (Å²) in [5.41, 5.74) is 1.54. The van der Waals surface area contributed by atoms with Gasteiger partial charge in [-0.15, -0.1) is 11.8 Å². The lowest BCUT2D eigenvalue weighted by molar-refractivity contribution is -0.146. The normalized spacial score (nSPS) is 18.6. The highest BCUT2D eigenvalue weighted by Gasteiger charge is 2.38. The van der Waals surface area contributed by atoms with Crippen LogP contribution >= 0.6 is 11.8 Å². The Bertz CT molecular complexity index is 1280. The molecule has 42 heavy (non-hydrogen) atoms. The fourth-order valence-electron chi connectivity index (χ4n) is 5.29. The smallest absolute Gasteiger partial charge is 0.323 e. The first kappa shape index (κ1) is 31.2. The van der Waals surface area contributed by atoms with Crippen LogP contribution < -0.4 is 10.6 Å². The summed E-state index contributed by atoms with van der Waals surface area (Å²) < 4.78 is 5.27. The van der Waals surface area contributed by atoms with Crippen molar-refractivity contribution in [3.63, 3.8) is 0 Å². The fourth-order valence-corrected chi connectivity index (χ4v) is 6.59. The number of carbonyl (C=O) groups is 5. The van der Waals surface area contributed by atoms with E-state index in [0.717, 1.165) is 37.0 Å². The van der Waals surface area contributed by atoms with E-state index in [2.05, 4.69) is 10.6 Å². The highest BCUT2D eigenvalue weighted by atomic mass is 32.2. The number of nitrogens with one attached hydrogen (secondary N) is 2. The summed E-state index contributed by atoms with van der Waals surface area (Å²) in [6, 6.07) is 12.4. The first-order valence-corrected chi connectivity index (χ1v) is 15.3. The van der Waals surface area contributed by atoms with Crippen LogP contribution in [-0.4, -0.2) is 70.2 Å². The second-order valence-corrected chi connectivity index (χ2v) is 11.7. The molecule has 11 heteroatoms. The molecule has 2 aromatic rings. The van der Waals surface area contributed by atoms with Crippen molar-refractivity contribution in [3.8, 4) is 0 Å². The van der Waals surface area contributed by atoms with Crippen LogP contribution in [0.5, 0.6) is 0 Å². The number of carboxylic acids is 1. The van der Waals surface area contributed by atoms with Crippen molar-refractivity contribution in [1.29, 1.82) is 0 Å². The van der Waals surface area contributed by atoms with Gasteiger partial charge in [0.2, 0.25) is 5.91 Å². The molecule has 0 fully saturated rings. The van der Waals surface area contributed by atoms with Crippen LogP contribution in [0.15, 0.2) is 53.4 Å². The van der Waals surface area contributed by atoms with Crippen molar-refractivity contribution < 1.29 is 33.8 Å². The summed E-state index contributed by atoms with van der Waals surface area (Å²) in [5.74, 6) is -2.34. The number of anilines is 1. The van der Waals surface area contributed by atoms with Crippen molar-refractivity contribution in [1.82, 2.24) is 10.2 Å². The van der Waals surface area contributed by atoms with Crippen LogP contribution in [0, 0.1) is 0 Å². The number of imide groups is 1. The minimum Gasteiger partial charge on any atom is -0.481 e. The van der Waals surface area contributed by atoms with Gasteiger partial charge >= 0.3 is 11.9 Å². The summed E-state index contributed by atoms with van der Waals surface area (Å²) >= 11 is 1.31. The van der Waals surface area contributed by atoms with E-state index in [9.17, 15) is 29.1 Å². The molecule has 2 heterocycles. The summed E-state index contributed by atoms with van der Waals surface area (Å²) in [6.45, 7) is 2.30. The number of carboxylic acid groups (broad SMARTS) is 1. The van der Waals surface area contributed by atoms with E-state index in [-0.39, 0.29) is 30.7 Å². The molecule has 0 radical (unpaired) electrons. The summed E-state index contributed by atoms with van der Waals surface area (Å²) in [6.07, 6.45) is 5.16. The number of hydrogen-bond acceptors (Lipinski definition) is 8. The first-order chi connectivity index (χ1) is 20.3. The minimum absolute atomic E-state index is 0.194. The summed E-state index contributed by atoms with van der Waals surface area (Å²) in [4.78, 5) is 64.7. The molecule has 1 unspecified atom stereocenters. The number of carbonyl (C=O) groups excluding carboxylic acids is 4. The molecule has 2 aliphatic rings. The Balaban J connectivity index is 1.25. The third kappa shape index (κ3) is 7.77. The van der Waals surface area contributed by atoms with Gasteiger partial charge in [-0.3, -0.25) is 34.2 Å². The number of aliphatic carboxylic acids is 1. The monoisotopic (exact) mass is 595 g/mol. The third-order valence-electron chi connectivity index (χ3n) is 7.41. The van der Waals surface area contributed by atoms with Crippen molar-refractivity contribution in [3.05, 3.63) is 59.7 Å². The van der Waals surface area contributed by atoms with Crippen LogP contribution in [0.3, 0.4) is 0 Å². The molecule has 224 valence electrons. The highest BCUT2D eigenvalue weighted by Crippen LogP contribution is 2.36. The number of thioether (sulfide) groups is 1. The van der Waals surface area contributed by atoms with Crippen LogP contribution in [0.1, 0.15) is 79.0 Å². The zero-order valence-electron chi connectivity index (χ0n) is 23.7. The van der Waals surface area contributed by atoms with Gasteiger partial charge in [-0.05, 0) is 44.0 Å². The standard InChI is InChI=1S/C31H37N3O7S/c1-2-41-31(40)23(32-27-25(19-26(35)36)42-24-17-11-10-15-22(24)33-28(27)37)16-7-5-3-4-6-12-18-34-29(38)20-13-8-9-14-21(20)30(34)39/h8-11,13-15,17,23,25,27,32H,2-7,12,16,18-19H2,1H3,(H,33,37)(H,35,36)/t23-,25?,27-/m0/s1. The zero-order chi connectivity index (χ0) is 30.1. The molecular weight excluding hydrogens is 558 g/mol. The van der Waals surface area contributed by atoms with E-state index in [1.807, 2.05) is 12.1 Å². The van der Waals surface area contributed by atoms with Gasteiger partial charge in [-0.2, -0.15) is 0 Å². The topological polar surface area (TPSA) is 142 Å². The Labute approximate surface area is 249 Å². The number of benzene rings is 2. The molecule has 0 aliphatic carbocycles. The van der Waals surface area contributed by atoms with E-state index in [4.69, 9.17) is 4.74 Å². The van der Waals surface area contributed by atoms with Crippen molar-refractivity contribution >= 4 is 47.1 Å². The van der Waals surface area contributed by atoms with E-state index >= 15 is 0 Å². The van der Waals surface area contributed by atoms with E-state index in [1.165, 1.54) is 16.7 Å². The molecule has 2 aromatic carbocycles. The van der Waals surface area contributed by atoms with Gasteiger partial charge in [-0.25, -0.2) is 0 Å². The van der Waals surface area contributed by atoms with Crippen LogP contribution in [0.4, 0.5) is 5.69 Å². The number of unbranched alkanes of at least 4 members (excludes halogenated alkanes) is 5. The molecule has 3 N–H and O–H groups in total. The Hall–Kier alpha value is -3.70. The predicted octanol–water partition coefficient (Wildman–Crippen LogP) is 4.49. The summed E-state index contributed by atoms with van der Waals surface area (Å²) in [7, 11) is 0. The van der Waals surface area contributed by atoms with Gasteiger partial charge in [0, 0.05) is 16.7 Å². The van der Waals surface area contributed by atoms with Gasteiger partial charge in [0.05, 0.1) is 29.8 Å². The number of ether oxygens (including phenoxy) is 1. The van der Waals surface area contributed by atoms with E-state index in [1.54, 1.807) is 43.3 Å². The molecule has 3 atom stereocenters. The second kappa shape index (κ2) is 15.0. The van der Waals surface area contributed by atoms with E-state index in [0.29, 0.717) is 36.2 Å². The molecule has 0 aromatic heterocycles. The Kier molecular flexibility index (Phi) is 11.1. The Morgan fingerprint density at radius 3 is 2.24 bits per heavy atom. The first-order valence-electron chi connectivity index (χ1n) is 14.5. The highest BCUT2D eigenvalue weighted by molar-refractivity contribution is 8.00. The Morgan fingerprint density at radius 1 is 0.952 bits per heavy atom. The molecule has 2 aliphatic heterocycles. The van der Waals surface area contributed by atoms with E-state index < -0.39 is 29.3 Å². The van der Waals surface area contributed by atoms with Gasteiger partial charge in [0.15, 0.2) is 0 Å². The zero-order valence-corrected chi connectivity index (χ0v) is 24.5. The average molecular weight is 596 g/mol. The lowest BCUT2D eigenvalue weighted by Crippen LogP contribution is -2.54. The van der Waals surface area contributed by atoms with Gasteiger partial charge in [0.25, 0.3) is 11.8 Å². The number of rotatable bonds is 15. The van der Waals surface area contributed by atoms with Crippen LogP contribution in [0.25, 0.3) is 0 Å². The van der Waals surface area contributed by atoms with Gasteiger partial charge < -0.3 is 15.2 Å². The maximum atomic E-state index is 13.2. The molecule has 4 rings (SSSR count). The average Bonchev–Trinajstić information content (AvgIpc) is 3.12.